The molecule has 0 saturated carbocycles. The van der Waals surface area contributed by atoms with Gasteiger partial charge in [0, 0.05) is 5.69 Å². The predicted molar refractivity (Wildman–Crippen MR) is 88.1 cm³/mol. The molecule has 0 aliphatic rings. The molecule has 2 N–H and O–H groups in total. The zero-order valence-electron chi connectivity index (χ0n) is 13.0. The van der Waals surface area contributed by atoms with Gasteiger partial charge in [0.2, 0.25) is 5.91 Å². The first-order valence-electron chi connectivity index (χ1n) is 7.37. The SMILES string of the molecule is O=C(CNCCc1ccc(F)cc1)Nc1ccc(Cl)c(C(F)(F)F)c1. The molecule has 8 heteroatoms. The second-order valence-electron chi connectivity index (χ2n) is 5.29. The first-order valence-corrected chi connectivity index (χ1v) is 7.75. The van der Waals surface area contributed by atoms with Crippen molar-refractivity contribution in [3.63, 3.8) is 0 Å². The number of carbonyl (C=O) groups excluding carboxylic acids is 1. The Morgan fingerprint density at radius 3 is 2.40 bits per heavy atom. The topological polar surface area (TPSA) is 41.1 Å². The van der Waals surface area contributed by atoms with E-state index in [9.17, 15) is 22.4 Å². The Morgan fingerprint density at radius 2 is 1.76 bits per heavy atom. The van der Waals surface area contributed by atoms with Gasteiger partial charge >= 0.3 is 6.18 Å². The van der Waals surface area contributed by atoms with Crippen LogP contribution in [0.2, 0.25) is 5.02 Å². The fourth-order valence-electron chi connectivity index (χ4n) is 2.11. The van der Waals surface area contributed by atoms with Crippen LogP contribution in [0, 0.1) is 5.82 Å². The number of halogens is 5. The third kappa shape index (κ3) is 6.03. The molecule has 134 valence electrons. The average Bonchev–Trinajstić information content (AvgIpc) is 2.54. The molecule has 0 aliphatic carbocycles. The molecule has 0 unspecified atom stereocenters. The maximum absolute atomic E-state index is 12.8. The van der Waals surface area contributed by atoms with Gasteiger partial charge in [0.1, 0.15) is 5.82 Å². The summed E-state index contributed by atoms with van der Waals surface area (Å²) in [7, 11) is 0. The Hall–Kier alpha value is -2.12. The van der Waals surface area contributed by atoms with Crippen LogP contribution in [0.3, 0.4) is 0 Å². The van der Waals surface area contributed by atoms with Gasteiger partial charge in [-0.25, -0.2) is 4.39 Å². The van der Waals surface area contributed by atoms with Gasteiger partial charge < -0.3 is 10.6 Å². The van der Waals surface area contributed by atoms with Crippen molar-refractivity contribution < 1.29 is 22.4 Å². The van der Waals surface area contributed by atoms with Crippen LogP contribution in [0.25, 0.3) is 0 Å². The van der Waals surface area contributed by atoms with E-state index in [1.165, 1.54) is 18.2 Å². The lowest BCUT2D eigenvalue weighted by Crippen LogP contribution is -2.29. The minimum Gasteiger partial charge on any atom is -0.325 e. The molecule has 0 aromatic heterocycles. The molecular weight excluding hydrogens is 360 g/mol. The zero-order valence-corrected chi connectivity index (χ0v) is 13.7. The summed E-state index contributed by atoms with van der Waals surface area (Å²) in [6.45, 7) is 0.401. The molecular formula is C17H15ClF4N2O. The van der Waals surface area contributed by atoms with Crippen molar-refractivity contribution >= 4 is 23.2 Å². The molecule has 0 heterocycles. The minimum absolute atomic E-state index is 0.0158. The number of rotatable bonds is 6. The molecule has 0 radical (unpaired) electrons. The summed E-state index contributed by atoms with van der Waals surface area (Å²) in [4.78, 5) is 11.8. The van der Waals surface area contributed by atoms with Gasteiger partial charge in [-0.15, -0.1) is 0 Å². The Kier molecular flexibility index (Phi) is 6.39. The van der Waals surface area contributed by atoms with Crippen molar-refractivity contribution in [3.8, 4) is 0 Å². The van der Waals surface area contributed by atoms with Crippen LogP contribution in [0.5, 0.6) is 0 Å². The zero-order chi connectivity index (χ0) is 18.4. The molecule has 3 nitrogen and oxygen atoms in total. The Labute approximate surface area is 147 Å². The normalized spacial score (nSPS) is 11.4. The molecule has 2 rings (SSSR count). The molecule has 0 atom stereocenters. The third-order valence-electron chi connectivity index (χ3n) is 3.34. The first-order chi connectivity index (χ1) is 11.8. The number of amides is 1. The lowest BCUT2D eigenvalue weighted by atomic mass is 10.1. The molecule has 0 fully saturated rings. The average molecular weight is 375 g/mol. The molecule has 0 spiro atoms. The Morgan fingerprint density at radius 1 is 1.08 bits per heavy atom. The highest BCUT2D eigenvalue weighted by Crippen LogP contribution is 2.36. The number of carbonyl (C=O) groups is 1. The van der Waals surface area contributed by atoms with Gasteiger partial charge in [-0.3, -0.25) is 4.79 Å². The van der Waals surface area contributed by atoms with Crippen LogP contribution in [-0.2, 0) is 17.4 Å². The lowest BCUT2D eigenvalue weighted by molar-refractivity contribution is -0.137. The van der Waals surface area contributed by atoms with E-state index in [4.69, 9.17) is 11.6 Å². The minimum atomic E-state index is -4.59. The van der Waals surface area contributed by atoms with Crippen molar-refractivity contribution in [1.82, 2.24) is 5.32 Å². The fraction of sp³-hybridized carbons (Fsp3) is 0.235. The highest BCUT2D eigenvalue weighted by atomic mass is 35.5. The summed E-state index contributed by atoms with van der Waals surface area (Å²) in [6.07, 6.45) is -4.00. The van der Waals surface area contributed by atoms with E-state index in [-0.39, 0.29) is 18.0 Å². The fourth-order valence-corrected chi connectivity index (χ4v) is 2.34. The molecule has 2 aromatic carbocycles. The van der Waals surface area contributed by atoms with Gasteiger partial charge in [-0.2, -0.15) is 13.2 Å². The maximum atomic E-state index is 12.8. The molecule has 0 aliphatic heterocycles. The van der Waals surface area contributed by atoms with Crippen LogP contribution in [0.1, 0.15) is 11.1 Å². The summed E-state index contributed by atoms with van der Waals surface area (Å²) in [5, 5.41) is 4.82. The van der Waals surface area contributed by atoms with E-state index < -0.39 is 22.7 Å². The van der Waals surface area contributed by atoms with Gasteiger partial charge in [0.25, 0.3) is 0 Å². The molecule has 2 aromatic rings. The van der Waals surface area contributed by atoms with E-state index in [2.05, 4.69) is 10.6 Å². The summed E-state index contributed by atoms with van der Waals surface area (Å²) in [5.74, 6) is -0.799. The highest BCUT2D eigenvalue weighted by Gasteiger charge is 2.33. The number of anilines is 1. The van der Waals surface area contributed by atoms with E-state index in [1.54, 1.807) is 12.1 Å². The second kappa shape index (κ2) is 8.31. The predicted octanol–water partition coefficient (Wildman–Crippen LogP) is 4.27. The number of alkyl halides is 3. The van der Waals surface area contributed by atoms with Gasteiger partial charge in [0.15, 0.2) is 0 Å². The number of hydrogen-bond donors (Lipinski definition) is 2. The summed E-state index contributed by atoms with van der Waals surface area (Å²) in [5.41, 5.74) is -0.0832. The Balaban J connectivity index is 1.81. The van der Waals surface area contributed by atoms with E-state index in [0.717, 1.165) is 17.7 Å². The Bertz CT molecular complexity index is 732. The second-order valence-corrected chi connectivity index (χ2v) is 5.70. The van der Waals surface area contributed by atoms with Gasteiger partial charge in [0.05, 0.1) is 17.1 Å². The van der Waals surface area contributed by atoms with Crippen molar-refractivity contribution in [2.75, 3.05) is 18.4 Å². The number of nitrogens with one attached hydrogen (secondary N) is 2. The summed E-state index contributed by atoms with van der Waals surface area (Å²) >= 11 is 5.52. The standard InChI is InChI=1S/C17H15ClF4N2O/c18-15-6-5-13(9-14(15)17(20,21)22)24-16(25)10-23-8-7-11-1-3-12(19)4-2-11/h1-6,9,23H,7-8,10H2,(H,24,25). The third-order valence-corrected chi connectivity index (χ3v) is 3.67. The van der Waals surface area contributed by atoms with Gasteiger partial charge in [-0.05, 0) is 48.9 Å². The molecule has 0 saturated heterocycles. The summed E-state index contributed by atoms with van der Waals surface area (Å²) in [6, 6.07) is 9.16. The van der Waals surface area contributed by atoms with Crippen molar-refractivity contribution in [2.24, 2.45) is 0 Å². The van der Waals surface area contributed by atoms with Crippen LogP contribution < -0.4 is 10.6 Å². The monoisotopic (exact) mass is 374 g/mol. The van der Waals surface area contributed by atoms with Crippen molar-refractivity contribution in [2.45, 2.75) is 12.6 Å². The number of benzene rings is 2. The van der Waals surface area contributed by atoms with Crippen molar-refractivity contribution in [3.05, 3.63) is 64.4 Å². The molecule has 1 amide bonds. The van der Waals surface area contributed by atoms with Crippen LogP contribution >= 0.6 is 11.6 Å². The highest BCUT2D eigenvalue weighted by molar-refractivity contribution is 6.31. The van der Waals surface area contributed by atoms with E-state index >= 15 is 0 Å². The van der Waals surface area contributed by atoms with E-state index in [0.29, 0.717) is 13.0 Å². The molecule has 0 bridgehead atoms. The quantitative estimate of drug-likeness (QED) is 0.585. The van der Waals surface area contributed by atoms with Crippen LogP contribution in [0.15, 0.2) is 42.5 Å². The first kappa shape index (κ1) is 19.2. The largest absolute Gasteiger partial charge is 0.417 e. The maximum Gasteiger partial charge on any atom is 0.417 e. The van der Waals surface area contributed by atoms with Crippen molar-refractivity contribution in [1.29, 1.82) is 0 Å². The smallest absolute Gasteiger partial charge is 0.325 e. The number of hydrogen-bond acceptors (Lipinski definition) is 2. The summed E-state index contributed by atoms with van der Waals surface area (Å²) < 4.78 is 51.1. The van der Waals surface area contributed by atoms with Gasteiger partial charge in [-0.1, -0.05) is 23.7 Å². The lowest BCUT2D eigenvalue weighted by Gasteiger charge is -2.12. The van der Waals surface area contributed by atoms with Crippen LogP contribution in [-0.4, -0.2) is 19.0 Å². The van der Waals surface area contributed by atoms with E-state index in [1.807, 2.05) is 0 Å². The molecule has 25 heavy (non-hydrogen) atoms. The van der Waals surface area contributed by atoms with Crippen LogP contribution in [0.4, 0.5) is 23.2 Å².